The molecular formula is C22H16ClF2N3O2. The van der Waals surface area contributed by atoms with Crippen molar-refractivity contribution in [2.24, 2.45) is 0 Å². The number of anilines is 2. The average molecular weight is 428 g/mol. The van der Waals surface area contributed by atoms with Crippen LogP contribution in [0.3, 0.4) is 0 Å². The lowest BCUT2D eigenvalue weighted by Gasteiger charge is -2.26. The number of nitrogens with one attached hydrogen (secondary N) is 1. The molecule has 0 amide bonds. The molecule has 5 nitrogen and oxygen atoms in total. The van der Waals surface area contributed by atoms with Gasteiger partial charge in [0.05, 0.1) is 5.39 Å². The molecule has 30 heavy (non-hydrogen) atoms. The summed E-state index contributed by atoms with van der Waals surface area (Å²) in [4.78, 5) is 14.0. The van der Waals surface area contributed by atoms with Crippen LogP contribution in [0.25, 0.3) is 10.8 Å². The molecule has 0 bridgehead atoms. The first-order chi connectivity index (χ1) is 14.5. The normalized spacial score (nSPS) is 11.1. The second kappa shape index (κ2) is 8.51. The van der Waals surface area contributed by atoms with Gasteiger partial charge in [-0.05, 0) is 35.9 Å². The molecule has 3 aromatic carbocycles. The summed E-state index contributed by atoms with van der Waals surface area (Å²) in [5.74, 6) is 0.0532. The van der Waals surface area contributed by atoms with Gasteiger partial charge in [-0.15, -0.1) is 0 Å². The monoisotopic (exact) mass is 427 g/mol. The third kappa shape index (κ3) is 4.26. The van der Waals surface area contributed by atoms with Crippen molar-refractivity contribution in [2.75, 3.05) is 4.90 Å². The van der Waals surface area contributed by atoms with Crippen molar-refractivity contribution in [3.8, 4) is 5.75 Å². The maximum atomic E-state index is 12.7. The van der Waals surface area contributed by atoms with E-state index in [0.717, 1.165) is 11.3 Å². The Morgan fingerprint density at radius 1 is 0.967 bits per heavy atom. The van der Waals surface area contributed by atoms with Gasteiger partial charge in [0.15, 0.2) is 5.15 Å². The van der Waals surface area contributed by atoms with Gasteiger partial charge in [-0.1, -0.05) is 48.0 Å². The number of hydrogen-bond donors (Lipinski definition) is 1. The van der Waals surface area contributed by atoms with Crippen LogP contribution in [0.2, 0.25) is 5.15 Å². The van der Waals surface area contributed by atoms with Crippen molar-refractivity contribution >= 4 is 33.7 Å². The van der Waals surface area contributed by atoms with Crippen molar-refractivity contribution in [1.29, 1.82) is 0 Å². The summed E-state index contributed by atoms with van der Waals surface area (Å²) in [6.45, 7) is -2.46. The minimum absolute atomic E-state index is 0.0532. The van der Waals surface area contributed by atoms with Crippen LogP contribution in [0.5, 0.6) is 5.75 Å². The fraction of sp³-hybridized carbons (Fsp3) is 0.0909. The van der Waals surface area contributed by atoms with E-state index in [1.807, 2.05) is 35.2 Å². The quantitative estimate of drug-likeness (QED) is 0.440. The standard InChI is InChI=1S/C22H16ClF2N3O2/c23-20-19-12-16(9-10-18(19)21(29)27-26-20)28(13-14-5-2-1-3-6-14)15-7-4-8-17(11-15)30-22(24)25/h1-12,22H,13H2,(H,27,29). The zero-order valence-corrected chi connectivity index (χ0v) is 16.3. The van der Waals surface area contributed by atoms with E-state index in [1.165, 1.54) is 12.1 Å². The maximum absolute atomic E-state index is 12.7. The molecule has 0 saturated heterocycles. The first-order valence-electron chi connectivity index (χ1n) is 9.05. The molecule has 0 aliphatic heterocycles. The Labute approximate surface area is 175 Å². The molecule has 0 fully saturated rings. The van der Waals surface area contributed by atoms with Crippen LogP contribution >= 0.6 is 11.6 Å². The summed E-state index contributed by atoms with van der Waals surface area (Å²) in [6.07, 6.45) is 0. The summed E-state index contributed by atoms with van der Waals surface area (Å²) in [5.41, 5.74) is 2.02. The summed E-state index contributed by atoms with van der Waals surface area (Å²) >= 11 is 6.19. The van der Waals surface area contributed by atoms with E-state index in [2.05, 4.69) is 14.9 Å². The number of rotatable bonds is 6. The molecule has 1 heterocycles. The van der Waals surface area contributed by atoms with E-state index in [-0.39, 0.29) is 16.5 Å². The zero-order chi connectivity index (χ0) is 21.1. The fourth-order valence-electron chi connectivity index (χ4n) is 3.21. The fourth-order valence-corrected chi connectivity index (χ4v) is 3.41. The summed E-state index contributed by atoms with van der Waals surface area (Å²) in [7, 11) is 0. The highest BCUT2D eigenvalue weighted by atomic mass is 35.5. The highest BCUT2D eigenvalue weighted by Crippen LogP contribution is 2.33. The molecule has 0 saturated carbocycles. The molecule has 8 heteroatoms. The summed E-state index contributed by atoms with van der Waals surface area (Å²) in [5, 5.41) is 7.24. The predicted molar refractivity (Wildman–Crippen MR) is 113 cm³/mol. The first kappa shape index (κ1) is 19.8. The molecule has 1 aromatic heterocycles. The lowest BCUT2D eigenvalue weighted by molar-refractivity contribution is -0.0498. The van der Waals surface area contributed by atoms with Gasteiger partial charge in [-0.3, -0.25) is 4.79 Å². The number of H-pyrrole nitrogens is 1. The molecule has 0 spiro atoms. The third-order valence-corrected chi connectivity index (χ3v) is 4.86. The van der Waals surface area contributed by atoms with Crippen LogP contribution in [0.1, 0.15) is 5.56 Å². The minimum atomic E-state index is -2.92. The zero-order valence-electron chi connectivity index (χ0n) is 15.6. The second-order valence-electron chi connectivity index (χ2n) is 6.52. The molecule has 0 radical (unpaired) electrons. The van der Waals surface area contributed by atoms with Gasteiger partial charge in [0.1, 0.15) is 5.75 Å². The Balaban J connectivity index is 1.83. The minimum Gasteiger partial charge on any atom is -0.435 e. The van der Waals surface area contributed by atoms with E-state index < -0.39 is 6.61 Å². The van der Waals surface area contributed by atoms with Crippen LogP contribution in [0, 0.1) is 0 Å². The van der Waals surface area contributed by atoms with Gasteiger partial charge >= 0.3 is 6.61 Å². The van der Waals surface area contributed by atoms with E-state index in [1.54, 1.807) is 30.3 Å². The van der Waals surface area contributed by atoms with Crippen LogP contribution in [0.4, 0.5) is 20.2 Å². The van der Waals surface area contributed by atoms with E-state index in [0.29, 0.717) is 23.0 Å². The Morgan fingerprint density at radius 2 is 1.73 bits per heavy atom. The topological polar surface area (TPSA) is 58.2 Å². The second-order valence-corrected chi connectivity index (χ2v) is 6.88. The number of nitrogens with zero attached hydrogens (tertiary/aromatic N) is 2. The molecule has 0 aliphatic rings. The predicted octanol–water partition coefficient (Wildman–Crippen LogP) is 5.52. The number of aromatic nitrogens is 2. The molecule has 0 atom stereocenters. The van der Waals surface area contributed by atoms with Crippen molar-refractivity contribution in [2.45, 2.75) is 13.2 Å². The number of halogens is 3. The highest BCUT2D eigenvalue weighted by Gasteiger charge is 2.15. The summed E-state index contributed by atoms with van der Waals surface area (Å²) in [6, 6.07) is 21.3. The van der Waals surface area contributed by atoms with Crippen LogP contribution < -0.4 is 15.2 Å². The number of alkyl halides is 2. The SMILES string of the molecule is O=c1[nH]nc(Cl)c2cc(N(Cc3ccccc3)c3cccc(OC(F)F)c3)ccc12. The maximum Gasteiger partial charge on any atom is 0.387 e. The third-order valence-electron chi connectivity index (χ3n) is 4.58. The van der Waals surface area contributed by atoms with Crippen molar-refractivity contribution in [1.82, 2.24) is 10.2 Å². The van der Waals surface area contributed by atoms with Crippen molar-refractivity contribution < 1.29 is 13.5 Å². The van der Waals surface area contributed by atoms with Gasteiger partial charge in [-0.2, -0.15) is 13.9 Å². The van der Waals surface area contributed by atoms with Crippen molar-refractivity contribution in [3.63, 3.8) is 0 Å². The lowest BCUT2D eigenvalue weighted by Crippen LogP contribution is -2.17. The number of fused-ring (bicyclic) bond motifs is 1. The number of ether oxygens (including phenoxy) is 1. The van der Waals surface area contributed by atoms with E-state index in [4.69, 9.17) is 11.6 Å². The first-order valence-corrected chi connectivity index (χ1v) is 9.43. The average Bonchev–Trinajstić information content (AvgIpc) is 2.75. The van der Waals surface area contributed by atoms with E-state index >= 15 is 0 Å². The Bertz CT molecular complexity index is 1230. The molecule has 4 rings (SSSR count). The van der Waals surface area contributed by atoms with Gasteiger partial charge in [-0.25, -0.2) is 5.10 Å². The van der Waals surface area contributed by atoms with Gasteiger partial charge < -0.3 is 9.64 Å². The molecule has 1 N–H and O–H groups in total. The molecule has 4 aromatic rings. The smallest absolute Gasteiger partial charge is 0.387 e. The number of benzene rings is 3. The van der Waals surface area contributed by atoms with Crippen molar-refractivity contribution in [3.05, 3.63) is 93.9 Å². The number of hydrogen-bond acceptors (Lipinski definition) is 4. The van der Waals surface area contributed by atoms with Crippen LogP contribution in [0.15, 0.2) is 77.6 Å². The van der Waals surface area contributed by atoms with Crippen LogP contribution in [-0.4, -0.2) is 16.8 Å². The number of aromatic amines is 1. The molecular weight excluding hydrogens is 412 g/mol. The molecule has 0 aliphatic carbocycles. The van der Waals surface area contributed by atoms with Crippen LogP contribution in [-0.2, 0) is 6.54 Å². The van der Waals surface area contributed by atoms with Gasteiger partial charge in [0.25, 0.3) is 5.56 Å². The largest absolute Gasteiger partial charge is 0.435 e. The Hall–Kier alpha value is -3.45. The molecule has 0 unspecified atom stereocenters. The molecule has 152 valence electrons. The summed E-state index contributed by atoms with van der Waals surface area (Å²) < 4.78 is 29.9. The lowest BCUT2D eigenvalue weighted by atomic mass is 10.1. The van der Waals surface area contributed by atoms with E-state index in [9.17, 15) is 13.6 Å². The highest BCUT2D eigenvalue weighted by molar-refractivity contribution is 6.34. The van der Waals surface area contributed by atoms with Gasteiger partial charge in [0, 0.05) is 29.4 Å². The Morgan fingerprint density at radius 3 is 2.50 bits per heavy atom. The van der Waals surface area contributed by atoms with Gasteiger partial charge in [0.2, 0.25) is 0 Å². The Kier molecular flexibility index (Phi) is 5.63.